The Hall–Kier alpha value is -2.70. The van der Waals surface area contributed by atoms with Crippen LogP contribution >= 0.6 is 11.6 Å². The average Bonchev–Trinajstić information content (AvgIpc) is 2.77. The molecule has 0 bridgehead atoms. The van der Waals surface area contributed by atoms with Gasteiger partial charge in [-0.1, -0.05) is 18.5 Å². The van der Waals surface area contributed by atoms with Gasteiger partial charge < -0.3 is 24.6 Å². The molecule has 7 heteroatoms. The summed E-state index contributed by atoms with van der Waals surface area (Å²) in [6, 6.07) is 11.1. The molecule has 0 atom stereocenters. The lowest BCUT2D eigenvalue weighted by molar-refractivity contribution is -0.111. The van der Waals surface area contributed by atoms with E-state index in [1.807, 2.05) is 24.3 Å². The molecule has 0 aliphatic carbocycles. The fourth-order valence-electron chi connectivity index (χ4n) is 3.46. The monoisotopic (exact) mass is 429 g/mol. The number of carbonyl (C=O) groups excluding carboxylic acids is 1. The number of amides is 1. The predicted molar refractivity (Wildman–Crippen MR) is 123 cm³/mol. The lowest BCUT2D eigenvalue weighted by Crippen LogP contribution is -2.46. The Morgan fingerprint density at radius 1 is 1.07 bits per heavy atom. The lowest BCUT2D eigenvalue weighted by atomic mass is 10.1. The highest BCUT2D eigenvalue weighted by Gasteiger charge is 2.19. The molecule has 1 N–H and O–H groups in total. The minimum atomic E-state index is -0.229. The molecule has 3 rings (SSSR count). The number of anilines is 2. The third kappa shape index (κ3) is 5.68. The number of hydrogen-bond acceptors (Lipinski definition) is 5. The number of nitrogens with one attached hydrogen (secondary N) is 1. The number of piperazine rings is 1. The highest BCUT2D eigenvalue weighted by molar-refractivity contribution is 6.31. The second kappa shape index (κ2) is 10.4. The molecule has 0 radical (unpaired) electrons. The first-order chi connectivity index (χ1) is 14.5. The van der Waals surface area contributed by atoms with Crippen molar-refractivity contribution in [3.63, 3.8) is 0 Å². The fraction of sp³-hybridized carbons (Fsp3) is 0.348. The van der Waals surface area contributed by atoms with Crippen LogP contribution in [0, 0.1) is 0 Å². The van der Waals surface area contributed by atoms with Crippen LogP contribution in [-0.2, 0) is 4.79 Å². The summed E-state index contributed by atoms with van der Waals surface area (Å²) in [6.45, 7) is 7.06. The molecule has 1 aliphatic heterocycles. The highest BCUT2D eigenvalue weighted by Crippen LogP contribution is 2.30. The molecule has 1 heterocycles. The molecule has 0 spiro atoms. The van der Waals surface area contributed by atoms with E-state index >= 15 is 0 Å². The van der Waals surface area contributed by atoms with Crippen molar-refractivity contribution in [2.24, 2.45) is 0 Å². The third-order valence-electron chi connectivity index (χ3n) is 5.18. The van der Waals surface area contributed by atoms with Crippen LogP contribution in [0.1, 0.15) is 12.5 Å². The third-order valence-corrected chi connectivity index (χ3v) is 5.41. The molecular weight excluding hydrogens is 402 g/mol. The van der Waals surface area contributed by atoms with E-state index in [1.54, 1.807) is 32.4 Å². The van der Waals surface area contributed by atoms with Crippen LogP contribution in [0.25, 0.3) is 6.08 Å². The molecule has 1 fully saturated rings. The van der Waals surface area contributed by atoms with Gasteiger partial charge in [0, 0.05) is 43.3 Å². The van der Waals surface area contributed by atoms with Crippen LogP contribution in [0.3, 0.4) is 0 Å². The number of methoxy groups -OCH3 is 2. The minimum absolute atomic E-state index is 0.229. The van der Waals surface area contributed by atoms with Gasteiger partial charge in [0.15, 0.2) is 0 Å². The van der Waals surface area contributed by atoms with Gasteiger partial charge in [0.25, 0.3) is 0 Å². The number of halogens is 1. The van der Waals surface area contributed by atoms with Gasteiger partial charge in [-0.25, -0.2) is 0 Å². The van der Waals surface area contributed by atoms with Crippen LogP contribution in [0.4, 0.5) is 11.4 Å². The number of nitrogens with zero attached hydrogens (tertiary/aromatic N) is 2. The zero-order chi connectivity index (χ0) is 21.5. The average molecular weight is 430 g/mol. The zero-order valence-corrected chi connectivity index (χ0v) is 18.4. The maximum Gasteiger partial charge on any atom is 0.248 e. The molecule has 1 saturated heterocycles. The molecule has 2 aromatic carbocycles. The number of likely N-dealkylation sites (N-methyl/N-ethyl adjacent to an activating group) is 1. The standard InChI is InChI=1S/C23H28ClN3O3/c1-4-26-9-11-27(12-10-26)22-7-6-18(24)15-21(22)25-23(28)8-5-17-13-19(29-2)16-20(14-17)30-3/h5-8,13-16H,4,9-12H2,1-3H3,(H,25,28). The van der Waals surface area contributed by atoms with Crippen molar-refractivity contribution in [3.8, 4) is 11.5 Å². The molecule has 2 aromatic rings. The van der Waals surface area contributed by atoms with Crippen molar-refractivity contribution in [1.82, 2.24) is 4.90 Å². The first-order valence-electron chi connectivity index (χ1n) is 10.0. The van der Waals surface area contributed by atoms with Crippen molar-refractivity contribution in [3.05, 3.63) is 53.1 Å². The van der Waals surface area contributed by atoms with Gasteiger partial charge in [0.2, 0.25) is 5.91 Å². The summed E-state index contributed by atoms with van der Waals surface area (Å²) in [5.41, 5.74) is 2.51. The second-order valence-corrected chi connectivity index (χ2v) is 7.49. The molecule has 0 aromatic heterocycles. The largest absolute Gasteiger partial charge is 0.497 e. The molecule has 6 nitrogen and oxygen atoms in total. The maximum absolute atomic E-state index is 12.6. The summed E-state index contributed by atoms with van der Waals surface area (Å²) in [5, 5.41) is 3.56. The Morgan fingerprint density at radius 3 is 2.33 bits per heavy atom. The molecule has 0 saturated carbocycles. The molecular formula is C23H28ClN3O3. The van der Waals surface area contributed by atoms with Crippen molar-refractivity contribution in [1.29, 1.82) is 0 Å². The maximum atomic E-state index is 12.6. The van der Waals surface area contributed by atoms with Crippen LogP contribution in [0.15, 0.2) is 42.5 Å². The first-order valence-corrected chi connectivity index (χ1v) is 10.4. The van der Waals surface area contributed by atoms with E-state index in [0.717, 1.165) is 44.0 Å². The first kappa shape index (κ1) is 22.0. The van der Waals surface area contributed by atoms with Crippen molar-refractivity contribution < 1.29 is 14.3 Å². The van der Waals surface area contributed by atoms with Crippen LogP contribution < -0.4 is 19.7 Å². The quantitative estimate of drug-likeness (QED) is 0.670. The number of rotatable bonds is 7. The van der Waals surface area contributed by atoms with Gasteiger partial charge in [0.1, 0.15) is 11.5 Å². The summed E-state index contributed by atoms with van der Waals surface area (Å²) < 4.78 is 10.5. The van der Waals surface area contributed by atoms with E-state index < -0.39 is 0 Å². The van der Waals surface area contributed by atoms with E-state index in [2.05, 4.69) is 22.0 Å². The van der Waals surface area contributed by atoms with E-state index in [1.165, 1.54) is 6.08 Å². The lowest BCUT2D eigenvalue weighted by Gasteiger charge is -2.36. The van der Waals surface area contributed by atoms with Gasteiger partial charge in [-0.3, -0.25) is 4.79 Å². The van der Waals surface area contributed by atoms with Gasteiger partial charge >= 0.3 is 0 Å². The minimum Gasteiger partial charge on any atom is -0.497 e. The Labute approximate surface area is 183 Å². The van der Waals surface area contributed by atoms with Crippen molar-refractivity contribution >= 4 is 35.0 Å². The van der Waals surface area contributed by atoms with Crippen LogP contribution in [0.5, 0.6) is 11.5 Å². The number of carbonyl (C=O) groups is 1. The Kier molecular flexibility index (Phi) is 7.60. The van der Waals surface area contributed by atoms with E-state index in [-0.39, 0.29) is 5.91 Å². The van der Waals surface area contributed by atoms with E-state index in [4.69, 9.17) is 21.1 Å². The SMILES string of the molecule is CCN1CCN(c2ccc(Cl)cc2NC(=O)C=Cc2cc(OC)cc(OC)c2)CC1. The molecule has 1 amide bonds. The summed E-state index contributed by atoms with van der Waals surface area (Å²) in [5.74, 6) is 1.10. The second-order valence-electron chi connectivity index (χ2n) is 7.05. The fourth-order valence-corrected chi connectivity index (χ4v) is 3.63. The van der Waals surface area contributed by atoms with Gasteiger partial charge in [-0.2, -0.15) is 0 Å². The number of benzene rings is 2. The van der Waals surface area contributed by atoms with Crippen molar-refractivity contribution in [2.75, 3.05) is 57.2 Å². The topological polar surface area (TPSA) is 54.0 Å². The normalized spacial score (nSPS) is 14.7. The number of hydrogen-bond donors (Lipinski definition) is 1. The van der Waals surface area contributed by atoms with Crippen molar-refractivity contribution in [2.45, 2.75) is 6.92 Å². The summed E-state index contributed by atoms with van der Waals surface area (Å²) in [6.07, 6.45) is 3.22. The molecule has 160 valence electrons. The zero-order valence-electron chi connectivity index (χ0n) is 17.7. The molecule has 0 unspecified atom stereocenters. The molecule has 30 heavy (non-hydrogen) atoms. The summed E-state index contributed by atoms with van der Waals surface area (Å²) in [4.78, 5) is 17.3. The Morgan fingerprint density at radius 2 is 1.73 bits per heavy atom. The van der Waals surface area contributed by atoms with Gasteiger partial charge in [0.05, 0.1) is 25.6 Å². The number of ether oxygens (including phenoxy) is 2. The van der Waals surface area contributed by atoms with Gasteiger partial charge in [-0.05, 0) is 48.5 Å². The predicted octanol–water partition coefficient (Wildman–Crippen LogP) is 4.15. The molecule has 1 aliphatic rings. The van der Waals surface area contributed by atoms with Crippen LogP contribution in [0.2, 0.25) is 5.02 Å². The van der Waals surface area contributed by atoms with Crippen LogP contribution in [-0.4, -0.2) is 57.8 Å². The summed E-state index contributed by atoms with van der Waals surface area (Å²) >= 11 is 6.20. The highest BCUT2D eigenvalue weighted by atomic mass is 35.5. The van der Waals surface area contributed by atoms with E-state index in [0.29, 0.717) is 22.2 Å². The summed E-state index contributed by atoms with van der Waals surface area (Å²) in [7, 11) is 3.19. The Balaban J connectivity index is 1.74. The smallest absolute Gasteiger partial charge is 0.248 e. The van der Waals surface area contributed by atoms with E-state index in [9.17, 15) is 4.79 Å². The van der Waals surface area contributed by atoms with Gasteiger partial charge in [-0.15, -0.1) is 0 Å². The Bertz CT molecular complexity index is 886.